The molecule has 11 rings (SSSR count). The summed E-state index contributed by atoms with van der Waals surface area (Å²) in [5, 5.41) is 0. The van der Waals surface area contributed by atoms with Gasteiger partial charge in [0, 0.05) is 45.0 Å². The van der Waals surface area contributed by atoms with Crippen LogP contribution in [0.15, 0.2) is 182 Å². The van der Waals surface area contributed by atoms with Gasteiger partial charge < -0.3 is 9.80 Å². The molecule has 9 aromatic carbocycles. The van der Waals surface area contributed by atoms with E-state index in [2.05, 4.69) is 285 Å². The lowest BCUT2D eigenvalue weighted by Gasteiger charge is -2.29. The van der Waals surface area contributed by atoms with E-state index in [9.17, 15) is 0 Å². The first-order valence-corrected chi connectivity index (χ1v) is 25.5. The molecule has 0 heterocycles. The van der Waals surface area contributed by atoms with Gasteiger partial charge in [0.05, 0.1) is 0 Å². The van der Waals surface area contributed by atoms with Crippen molar-refractivity contribution < 1.29 is 0 Å². The first-order chi connectivity index (χ1) is 34.6. The third kappa shape index (κ3) is 8.60. The molecule has 0 saturated heterocycles. The Morgan fingerprint density at radius 1 is 0.264 bits per heavy atom. The van der Waals surface area contributed by atoms with Crippen LogP contribution in [0.1, 0.15) is 106 Å². The van der Waals surface area contributed by atoms with E-state index >= 15 is 0 Å². The van der Waals surface area contributed by atoms with E-state index in [-0.39, 0.29) is 10.8 Å². The number of anilines is 6. The SMILES string of the molecule is Cc1cccc(N(c2cc(C)cc(C)c2)c2ccc3c(c2)C(C)(C)c2cc(/C=C/c4ccc(/C=C/c5ccc6c(c5)C(C)(C)c5cc(N(c7cccc(C)c7)c7cc(C)cc(C)c7)ccc5-6)cc4)ccc2-3)c1. The molecule has 72 heavy (non-hydrogen) atoms. The van der Waals surface area contributed by atoms with Crippen LogP contribution in [0.5, 0.6) is 0 Å². The summed E-state index contributed by atoms with van der Waals surface area (Å²) >= 11 is 0. The molecule has 0 saturated carbocycles. The highest BCUT2D eigenvalue weighted by Crippen LogP contribution is 2.53. The van der Waals surface area contributed by atoms with Gasteiger partial charge in [-0.15, -0.1) is 0 Å². The molecule has 0 atom stereocenters. The Morgan fingerprint density at radius 3 is 0.917 bits per heavy atom. The molecule has 2 aliphatic rings. The lowest BCUT2D eigenvalue weighted by atomic mass is 9.81. The van der Waals surface area contributed by atoms with E-state index in [1.54, 1.807) is 0 Å². The van der Waals surface area contributed by atoms with E-state index in [0.717, 1.165) is 0 Å². The van der Waals surface area contributed by atoms with Gasteiger partial charge in [-0.25, -0.2) is 0 Å². The molecular formula is C70H64N2. The monoisotopic (exact) mass is 933 g/mol. The fraction of sp³-hybridized carbons (Fsp3) is 0.171. The van der Waals surface area contributed by atoms with Gasteiger partial charge in [-0.2, -0.15) is 0 Å². The maximum atomic E-state index is 2.43. The molecule has 9 aromatic rings. The summed E-state index contributed by atoms with van der Waals surface area (Å²) in [6.45, 7) is 22.6. The van der Waals surface area contributed by atoms with Crippen LogP contribution in [0.3, 0.4) is 0 Å². The van der Waals surface area contributed by atoms with Gasteiger partial charge in [0.1, 0.15) is 0 Å². The van der Waals surface area contributed by atoms with Crippen molar-refractivity contribution in [2.75, 3.05) is 9.80 Å². The van der Waals surface area contributed by atoms with Gasteiger partial charge in [0.25, 0.3) is 0 Å². The number of rotatable bonds is 10. The third-order valence-corrected chi connectivity index (χ3v) is 15.2. The smallest absolute Gasteiger partial charge is 0.0466 e. The largest absolute Gasteiger partial charge is 0.310 e. The Morgan fingerprint density at radius 2 is 0.556 bits per heavy atom. The fourth-order valence-corrected chi connectivity index (χ4v) is 11.7. The molecule has 0 aliphatic heterocycles. The minimum atomic E-state index is -0.160. The quantitative estimate of drug-likeness (QED) is 0.126. The average Bonchev–Trinajstić information content (AvgIpc) is 3.70. The van der Waals surface area contributed by atoms with E-state index in [0.29, 0.717) is 0 Å². The van der Waals surface area contributed by atoms with E-state index < -0.39 is 0 Å². The summed E-state index contributed by atoms with van der Waals surface area (Å²) in [6.07, 6.45) is 8.98. The molecule has 354 valence electrons. The van der Waals surface area contributed by atoms with Gasteiger partial charge >= 0.3 is 0 Å². The Bertz CT molecular complexity index is 3370. The van der Waals surface area contributed by atoms with Gasteiger partial charge in [-0.3, -0.25) is 0 Å². The lowest BCUT2D eigenvalue weighted by Crippen LogP contribution is -2.17. The van der Waals surface area contributed by atoms with E-state index in [1.807, 2.05) is 0 Å². The highest BCUT2D eigenvalue weighted by Gasteiger charge is 2.37. The summed E-state index contributed by atoms with van der Waals surface area (Å²) in [6, 6.07) is 68.3. The second-order valence-corrected chi connectivity index (χ2v) is 21.7. The number of benzene rings is 9. The Labute approximate surface area is 428 Å². The summed E-state index contributed by atoms with van der Waals surface area (Å²) in [5.41, 5.74) is 29.8. The van der Waals surface area contributed by atoms with Crippen LogP contribution >= 0.6 is 0 Å². The normalized spacial score (nSPS) is 13.8. The molecule has 0 N–H and O–H groups in total. The second-order valence-electron chi connectivity index (χ2n) is 21.7. The molecule has 0 amide bonds. The molecule has 0 fully saturated rings. The zero-order valence-corrected chi connectivity index (χ0v) is 43.5. The van der Waals surface area contributed by atoms with Crippen molar-refractivity contribution in [3.63, 3.8) is 0 Å². The topological polar surface area (TPSA) is 6.48 Å². The molecule has 0 aromatic heterocycles. The Kier molecular flexibility index (Phi) is 11.6. The van der Waals surface area contributed by atoms with E-state index in [4.69, 9.17) is 0 Å². The summed E-state index contributed by atoms with van der Waals surface area (Å²) in [5.74, 6) is 0. The van der Waals surface area contributed by atoms with Crippen LogP contribution in [-0.4, -0.2) is 0 Å². The fourth-order valence-electron chi connectivity index (χ4n) is 11.7. The lowest BCUT2D eigenvalue weighted by molar-refractivity contribution is 0.660. The van der Waals surface area contributed by atoms with E-state index in [1.165, 1.54) is 134 Å². The number of aryl methyl sites for hydroxylation is 6. The van der Waals surface area contributed by atoms with Crippen molar-refractivity contribution in [2.45, 2.75) is 80.1 Å². The molecule has 2 heteroatoms. The van der Waals surface area contributed by atoms with Crippen molar-refractivity contribution >= 4 is 58.4 Å². The predicted molar refractivity (Wildman–Crippen MR) is 310 cm³/mol. The number of hydrogen-bond donors (Lipinski definition) is 0. The first-order valence-electron chi connectivity index (χ1n) is 25.5. The van der Waals surface area contributed by atoms with Crippen LogP contribution in [0.2, 0.25) is 0 Å². The first kappa shape index (κ1) is 46.4. The minimum Gasteiger partial charge on any atom is -0.310 e. The van der Waals surface area contributed by atoms with Gasteiger partial charge in [-0.1, -0.05) is 161 Å². The van der Waals surface area contributed by atoms with Crippen LogP contribution in [0, 0.1) is 41.5 Å². The van der Waals surface area contributed by atoms with Crippen molar-refractivity contribution in [3.8, 4) is 22.3 Å². The zero-order chi connectivity index (χ0) is 50.1. The maximum Gasteiger partial charge on any atom is 0.0466 e. The number of fused-ring (bicyclic) bond motifs is 6. The van der Waals surface area contributed by atoms with Crippen molar-refractivity contribution in [1.29, 1.82) is 0 Å². The average molecular weight is 933 g/mol. The molecule has 0 bridgehead atoms. The van der Waals surface area contributed by atoms with Crippen molar-refractivity contribution in [1.82, 2.24) is 0 Å². The molecule has 2 aliphatic carbocycles. The summed E-state index contributed by atoms with van der Waals surface area (Å²) in [7, 11) is 0. The van der Waals surface area contributed by atoms with Crippen molar-refractivity contribution in [2.24, 2.45) is 0 Å². The zero-order valence-electron chi connectivity index (χ0n) is 43.5. The molecule has 0 radical (unpaired) electrons. The van der Waals surface area contributed by atoms with Gasteiger partial charge in [-0.05, 0) is 214 Å². The van der Waals surface area contributed by atoms with Crippen molar-refractivity contribution in [3.05, 3.63) is 260 Å². The molecule has 0 spiro atoms. The highest BCUT2D eigenvalue weighted by atomic mass is 15.1. The maximum absolute atomic E-state index is 2.43. The van der Waals surface area contributed by atoms with Gasteiger partial charge in [0.15, 0.2) is 0 Å². The van der Waals surface area contributed by atoms with Crippen LogP contribution in [0.4, 0.5) is 34.1 Å². The van der Waals surface area contributed by atoms with Crippen LogP contribution in [0.25, 0.3) is 46.6 Å². The van der Waals surface area contributed by atoms with Crippen LogP contribution in [-0.2, 0) is 10.8 Å². The second kappa shape index (κ2) is 18.0. The van der Waals surface area contributed by atoms with Gasteiger partial charge in [0.2, 0.25) is 0 Å². The molecule has 0 unspecified atom stereocenters. The Balaban J connectivity index is 0.805. The minimum absolute atomic E-state index is 0.160. The molecular weight excluding hydrogens is 869 g/mol. The van der Waals surface area contributed by atoms with Crippen LogP contribution < -0.4 is 9.80 Å². The Hall–Kier alpha value is -7.94. The number of nitrogens with zero attached hydrogens (tertiary/aromatic N) is 2. The number of hydrogen-bond acceptors (Lipinski definition) is 2. The highest BCUT2D eigenvalue weighted by molar-refractivity contribution is 5.89. The summed E-state index contributed by atoms with van der Waals surface area (Å²) in [4.78, 5) is 4.83. The predicted octanol–water partition coefficient (Wildman–Crippen LogP) is 19.4. The summed E-state index contributed by atoms with van der Waals surface area (Å²) < 4.78 is 0. The standard InChI is InChI=1S/C70H64N2/c1-45-13-11-15-55(35-45)71(59-37-47(3)33-48(4)38-59)57-27-31-63-61-29-25-53(41-65(61)69(7,8)67(63)43-57)23-21-51-17-19-52(20-18-51)22-24-54-26-30-62-64-32-28-58(44-68(64)70(9,10)66(62)42-54)72(56-16-12-14-46(2)36-56)60-39-49(5)34-50(6)40-60/h11-44H,1-10H3/b23-21+,24-22+. The third-order valence-electron chi connectivity index (χ3n) is 15.2. The molecule has 2 nitrogen and oxygen atoms in total.